The van der Waals surface area contributed by atoms with Gasteiger partial charge in [0, 0.05) is 24.5 Å². The van der Waals surface area contributed by atoms with Crippen molar-refractivity contribution in [2.24, 2.45) is 0 Å². The molecule has 1 saturated heterocycles. The zero-order valence-corrected chi connectivity index (χ0v) is 15.7. The van der Waals surface area contributed by atoms with E-state index in [0.29, 0.717) is 23.1 Å². The number of hydrazine groups is 1. The highest BCUT2D eigenvalue weighted by Gasteiger charge is 2.41. The topological polar surface area (TPSA) is 91.4 Å². The lowest BCUT2D eigenvalue weighted by Crippen LogP contribution is -2.45. The summed E-state index contributed by atoms with van der Waals surface area (Å²) in [6.07, 6.45) is -3.55. The molecule has 30 heavy (non-hydrogen) atoms. The van der Waals surface area contributed by atoms with Crippen molar-refractivity contribution < 1.29 is 27.5 Å². The molecule has 2 aromatic heterocycles. The summed E-state index contributed by atoms with van der Waals surface area (Å²) >= 11 is 0. The van der Waals surface area contributed by atoms with Crippen molar-refractivity contribution >= 4 is 22.7 Å². The Bertz CT molecular complexity index is 1130. The maximum Gasteiger partial charge on any atom is 0.433 e. The number of ether oxygens (including phenoxy) is 1. The molecule has 8 nitrogen and oxygen atoms in total. The fraction of sp³-hybridized carbons (Fsp3) is 0.263. The van der Waals surface area contributed by atoms with Gasteiger partial charge in [0.15, 0.2) is 5.69 Å². The Morgan fingerprint density at radius 2 is 1.83 bits per heavy atom. The average Bonchev–Trinajstić information content (AvgIpc) is 3.41. The van der Waals surface area contributed by atoms with Crippen LogP contribution in [0.2, 0.25) is 0 Å². The van der Waals surface area contributed by atoms with E-state index in [1.54, 1.807) is 29.4 Å². The number of nitrogens with one attached hydrogen (secondary N) is 1. The molecule has 1 aliphatic rings. The molecule has 1 aliphatic heterocycles. The number of alkyl halides is 3. The number of pyridine rings is 1. The molecule has 0 atom stereocenters. The number of para-hydroxylation sites is 1. The first-order valence-corrected chi connectivity index (χ1v) is 8.99. The number of H-pyrrole nitrogens is 1. The normalized spacial score (nSPS) is 14.4. The van der Waals surface area contributed by atoms with Crippen molar-refractivity contribution in [2.75, 3.05) is 20.2 Å². The number of benzene rings is 1. The molecule has 0 saturated carbocycles. The monoisotopic (exact) mass is 419 g/mol. The predicted octanol–water partition coefficient (Wildman–Crippen LogP) is 2.89. The van der Waals surface area contributed by atoms with Gasteiger partial charge in [0.1, 0.15) is 11.4 Å². The molecule has 156 valence electrons. The van der Waals surface area contributed by atoms with Crippen LogP contribution >= 0.6 is 0 Å². The highest BCUT2D eigenvalue weighted by molar-refractivity contribution is 6.00. The Morgan fingerprint density at radius 1 is 1.13 bits per heavy atom. The van der Waals surface area contributed by atoms with E-state index in [1.165, 1.54) is 13.2 Å². The number of aromatic amines is 1. The molecule has 0 bridgehead atoms. The first kappa shape index (κ1) is 19.7. The lowest BCUT2D eigenvalue weighted by atomic mass is 10.1. The van der Waals surface area contributed by atoms with Crippen molar-refractivity contribution in [1.82, 2.24) is 25.2 Å². The van der Waals surface area contributed by atoms with Crippen LogP contribution in [0.5, 0.6) is 5.75 Å². The van der Waals surface area contributed by atoms with Gasteiger partial charge in [-0.25, -0.2) is 15.0 Å². The van der Waals surface area contributed by atoms with E-state index in [9.17, 15) is 22.8 Å². The third-order valence-electron chi connectivity index (χ3n) is 4.77. The van der Waals surface area contributed by atoms with E-state index in [0.717, 1.165) is 16.2 Å². The Balaban J connectivity index is 1.67. The van der Waals surface area contributed by atoms with Crippen molar-refractivity contribution in [1.29, 1.82) is 0 Å². The Morgan fingerprint density at radius 3 is 2.53 bits per heavy atom. The summed E-state index contributed by atoms with van der Waals surface area (Å²) in [5, 5.41) is 7.95. The van der Waals surface area contributed by atoms with Crippen LogP contribution in [0.1, 0.15) is 33.0 Å². The lowest BCUT2D eigenvalue weighted by molar-refractivity contribution is -0.141. The van der Waals surface area contributed by atoms with Crippen LogP contribution in [0, 0.1) is 0 Å². The molecule has 1 fully saturated rings. The summed E-state index contributed by atoms with van der Waals surface area (Å²) in [6.45, 7) is 0.262. The molecule has 4 rings (SSSR count). The van der Waals surface area contributed by atoms with E-state index < -0.39 is 29.2 Å². The summed E-state index contributed by atoms with van der Waals surface area (Å²) in [6, 6.07) is 8.51. The third-order valence-corrected chi connectivity index (χ3v) is 4.77. The molecule has 0 unspecified atom stereocenters. The summed E-state index contributed by atoms with van der Waals surface area (Å²) < 4.78 is 44.7. The number of rotatable bonds is 3. The summed E-state index contributed by atoms with van der Waals surface area (Å²) in [4.78, 5) is 30.2. The SMILES string of the molecule is COc1cc(C(=O)N2CCCN2C(=O)c2cn[nH]c2C(F)(F)F)nc2ccccc12. The number of hydrogen-bond acceptors (Lipinski definition) is 5. The van der Waals surface area contributed by atoms with Crippen LogP contribution in [0.3, 0.4) is 0 Å². The number of fused-ring (bicyclic) bond motifs is 1. The summed E-state index contributed by atoms with van der Waals surface area (Å²) in [7, 11) is 1.46. The Hall–Kier alpha value is -3.63. The van der Waals surface area contributed by atoms with Crippen LogP contribution in [0.4, 0.5) is 13.2 Å². The van der Waals surface area contributed by atoms with Gasteiger partial charge in [-0.2, -0.15) is 18.3 Å². The van der Waals surface area contributed by atoms with E-state index in [2.05, 4.69) is 10.1 Å². The number of methoxy groups -OCH3 is 1. The molecule has 2 amide bonds. The molecule has 0 spiro atoms. The molecule has 1 aromatic carbocycles. The number of nitrogens with zero attached hydrogens (tertiary/aromatic N) is 4. The zero-order valence-electron chi connectivity index (χ0n) is 15.7. The van der Waals surface area contributed by atoms with Gasteiger partial charge >= 0.3 is 6.18 Å². The minimum Gasteiger partial charge on any atom is -0.496 e. The fourth-order valence-corrected chi connectivity index (χ4v) is 3.39. The molecule has 3 heterocycles. The highest BCUT2D eigenvalue weighted by Crippen LogP contribution is 2.32. The van der Waals surface area contributed by atoms with E-state index in [1.807, 2.05) is 0 Å². The molecular weight excluding hydrogens is 403 g/mol. The molecule has 11 heteroatoms. The van der Waals surface area contributed by atoms with Gasteiger partial charge < -0.3 is 4.74 Å². The van der Waals surface area contributed by atoms with Gasteiger partial charge in [-0.1, -0.05) is 12.1 Å². The molecule has 3 aromatic rings. The van der Waals surface area contributed by atoms with Gasteiger partial charge in [-0.3, -0.25) is 14.7 Å². The van der Waals surface area contributed by atoms with Crippen molar-refractivity contribution in [3.05, 3.63) is 53.5 Å². The first-order chi connectivity index (χ1) is 14.3. The number of amides is 2. The standard InChI is InChI=1S/C19H16F3N5O3/c1-30-15-9-14(24-13-6-3-2-5-11(13)15)18(29)27-8-4-7-26(27)17(28)12-10-23-25-16(12)19(20,21)22/h2-3,5-6,9-10H,4,7-8H2,1H3,(H,23,25). The van der Waals surface area contributed by atoms with Gasteiger partial charge in [0.25, 0.3) is 11.8 Å². The van der Waals surface area contributed by atoms with Crippen molar-refractivity contribution in [3.8, 4) is 5.75 Å². The van der Waals surface area contributed by atoms with Crippen LogP contribution in [-0.4, -0.2) is 57.2 Å². The molecular formula is C19H16F3N5O3. The number of carbonyl (C=O) groups is 2. The van der Waals surface area contributed by atoms with E-state index >= 15 is 0 Å². The van der Waals surface area contributed by atoms with E-state index in [-0.39, 0.29) is 18.8 Å². The minimum atomic E-state index is -4.77. The fourth-order valence-electron chi connectivity index (χ4n) is 3.39. The second-order valence-electron chi connectivity index (χ2n) is 6.59. The molecule has 0 aliphatic carbocycles. The van der Waals surface area contributed by atoms with Crippen LogP contribution in [0.25, 0.3) is 10.9 Å². The van der Waals surface area contributed by atoms with Gasteiger partial charge in [-0.15, -0.1) is 0 Å². The number of carbonyl (C=O) groups excluding carboxylic acids is 2. The zero-order chi connectivity index (χ0) is 21.5. The van der Waals surface area contributed by atoms with E-state index in [4.69, 9.17) is 4.74 Å². The summed E-state index contributed by atoms with van der Waals surface area (Å²) in [5.41, 5.74) is -1.36. The second kappa shape index (κ2) is 7.32. The third kappa shape index (κ3) is 3.31. The Kier molecular flexibility index (Phi) is 4.80. The minimum absolute atomic E-state index is 0.0217. The highest BCUT2D eigenvalue weighted by atomic mass is 19.4. The van der Waals surface area contributed by atoms with Crippen LogP contribution < -0.4 is 4.74 Å². The number of aromatic nitrogens is 3. The van der Waals surface area contributed by atoms with Crippen molar-refractivity contribution in [2.45, 2.75) is 12.6 Å². The largest absolute Gasteiger partial charge is 0.496 e. The maximum atomic E-state index is 13.1. The summed E-state index contributed by atoms with van der Waals surface area (Å²) in [5.74, 6) is -1.15. The first-order valence-electron chi connectivity index (χ1n) is 8.99. The molecule has 1 N–H and O–H groups in total. The number of halogens is 3. The second-order valence-corrected chi connectivity index (χ2v) is 6.59. The average molecular weight is 419 g/mol. The smallest absolute Gasteiger partial charge is 0.433 e. The van der Waals surface area contributed by atoms with Gasteiger partial charge in [0.05, 0.1) is 24.4 Å². The molecule has 0 radical (unpaired) electrons. The van der Waals surface area contributed by atoms with Gasteiger partial charge in [-0.05, 0) is 18.6 Å². The lowest BCUT2D eigenvalue weighted by Gasteiger charge is -2.27. The number of hydrogen-bond donors (Lipinski definition) is 1. The quantitative estimate of drug-likeness (QED) is 0.705. The Labute approximate surface area is 168 Å². The van der Waals surface area contributed by atoms with Gasteiger partial charge in [0.2, 0.25) is 0 Å². The predicted molar refractivity (Wildman–Crippen MR) is 98.6 cm³/mol. The van der Waals surface area contributed by atoms with Crippen LogP contribution in [-0.2, 0) is 6.18 Å². The maximum absolute atomic E-state index is 13.1. The van der Waals surface area contributed by atoms with Crippen molar-refractivity contribution in [3.63, 3.8) is 0 Å². The van der Waals surface area contributed by atoms with Crippen LogP contribution in [0.15, 0.2) is 36.5 Å².